The minimum atomic E-state index is -4.57. The number of benzene rings is 2. The molecule has 0 spiro atoms. The first-order valence-electron chi connectivity index (χ1n) is 14.4. The van der Waals surface area contributed by atoms with Crippen molar-refractivity contribution in [2.45, 2.75) is 19.6 Å². The number of amides is 1. The number of aromatic nitrogens is 5. The average molecular weight is 617 g/mol. The van der Waals surface area contributed by atoms with Crippen molar-refractivity contribution in [1.82, 2.24) is 34.3 Å². The molecule has 13 heteroatoms. The Morgan fingerprint density at radius 3 is 2.47 bits per heavy atom. The Labute approximate surface area is 257 Å². The van der Waals surface area contributed by atoms with Crippen LogP contribution in [0.2, 0.25) is 0 Å². The second kappa shape index (κ2) is 12.3. The molecule has 0 bridgehead atoms. The fourth-order valence-electron chi connectivity index (χ4n) is 5.14. The number of imidazole rings is 1. The predicted octanol–water partition coefficient (Wildman–Crippen LogP) is 5.54. The number of piperazine rings is 1. The number of alkyl halides is 3. The Morgan fingerprint density at radius 2 is 1.73 bits per heavy atom. The van der Waals surface area contributed by atoms with Crippen LogP contribution >= 0.6 is 0 Å². The number of carbonyl (C=O) groups excluding carboxylic acids is 1. The Morgan fingerprint density at radius 1 is 0.978 bits per heavy atom. The van der Waals surface area contributed by atoms with Crippen LogP contribution < -0.4 is 10.1 Å². The van der Waals surface area contributed by atoms with Crippen molar-refractivity contribution in [3.05, 3.63) is 89.5 Å². The van der Waals surface area contributed by atoms with Crippen LogP contribution in [-0.4, -0.2) is 73.4 Å². The van der Waals surface area contributed by atoms with Gasteiger partial charge >= 0.3 is 6.18 Å². The first-order valence-corrected chi connectivity index (χ1v) is 14.4. The lowest BCUT2D eigenvalue weighted by molar-refractivity contribution is -0.138. The normalized spacial score (nSPS) is 14.5. The molecule has 0 unspecified atom stereocenters. The Kier molecular flexibility index (Phi) is 8.21. The van der Waals surface area contributed by atoms with Gasteiger partial charge in [0.1, 0.15) is 5.75 Å². The highest BCUT2D eigenvalue weighted by molar-refractivity contribution is 6.04. The lowest BCUT2D eigenvalue weighted by Crippen LogP contribution is -2.44. The van der Waals surface area contributed by atoms with E-state index in [1.807, 2.05) is 25.9 Å². The lowest BCUT2D eigenvalue weighted by Gasteiger charge is -2.33. The van der Waals surface area contributed by atoms with Gasteiger partial charge in [0.25, 0.3) is 11.8 Å². The van der Waals surface area contributed by atoms with Gasteiger partial charge in [0.2, 0.25) is 0 Å². The molecular weight excluding hydrogens is 585 g/mol. The summed E-state index contributed by atoms with van der Waals surface area (Å²) < 4.78 is 50.2. The highest BCUT2D eigenvalue weighted by Gasteiger charge is 2.34. The maximum absolute atomic E-state index is 14.1. The van der Waals surface area contributed by atoms with Crippen LogP contribution in [0, 0.1) is 6.92 Å². The third-order valence-electron chi connectivity index (χ3n) is 7.79. The van der Waals surface area contributed by atoms with Crippen molar-refractivity contribution in [3.8, 4) is 23.0 Å². The number of ether oxygens (including phenoxy) is 1. The van der Waals surface area contributed by atoms with Crippen LogP contribution in [0.1, 0.15) is 27.0 Å². The number of halogens is 3. The molecule has 232 valence electrons. The highest BCUT2D eigenvalue weighted by atomic mass is 19.4. The van der Waals surface area contributed by atoms with E-state index in [1.54, 1.807) is 47.6 Å². The van der Waals surface area contributed by atoms with Gasteiger partial charge in [-0.3, -0.25) is 14.7 Å². The smallest absolute Gasteiger partial charge is 0.416 e. The van der Waals surface area contributed by atoms with Gasteiger partial charge in [0, 0.05) is 69.0 Å². The van der Waals surface area contributed by atoms with E-state index in [9.17, 15) is 18.0 Å². The summed E-state index contributed by atoms with van der Waals surface area (Å²) in [6.07, 6.45) is 0.303. The van der Waals surface area contributed by atoms with Gasteiger partial charge in [0.05, 0.1) is 11.9 Å². The van der Waals surface area contributed by atoms with Crippen LogP contribution in [-0.2, 0) is 19.8 Å². The van der Waals surface area contributed by atoms with E-state index in [2.05, 4.69) is 30.2 Å². The Hall–Kier alpha value is -4.88. The summed E-state index contributed by atoms with van der Waals surface area (Å²) in [4.78, 5) is 35.1. The van der Waals surface area contributed by atoms with Gasteiger partial charge in [0.15, 0.2) is 17.0 Å². The van der Waals surface area contributed by atoms with Crippen molar-refractivity contribution >= 4 is 22.8 Å². The van der Waals surface area contributed by atoms with Gasteiger partial charge in [-0.25, -0.2) is 9.97 Å². The fraction of sp³-hybridized carbons (Fsp3) is 0.281. The molecular formula is C32H31F3N8O2. The van der Waals surface area contributed by atoms with Crippen LogP contribution in [0.25, 0.3) is 22.6 Å². The number of pyridine rings is 1. The van der Waals surface area contributed by atoms with Crippen molar-refractivity contribution in [3.63, 3.8) is 0 Å². The minimum Gasteiger partial charge on any atom is -0.437 e. The van der Waals surface area contributed by atoms with E-state index in [0.29, 0.717) is 41.4 Å². The maximum Gasteiger partial charge on any atom is 0.416 e. The molecule has 6 rings (SSSR count). The van der Waals surface area contributed by atoms with Crippen LogP contribution in [0.3, 0.4) is 0 Å². The molecule has 0 aliphatic carbocycles. The van der Waals surface area contributed by atoms with Crippen LogP contribution in [0.15, 0.2) is 67.3 Å². The third kappa shape index (κ3) is 6.64. The number of carbonyl (C=O) groups is 1. The fourth-order valence-corrected chi connectivity index (χ4v) is 5.14. The maximum atomic E-state index is 14.1. The lowest BCUT2D eigenvalue weighted by atomic mass is 10.0. The molecule has 1 aliphatic heterocycles. The minimum absolute atomic E-state index is 0.0467. The Balaban J connectivity index is 1.25. The standard InChI is InChI=1S/C32H31F3N8O2/c1-20-4-5-22(16-26(20)45-31-27-29(42(3)19-37-27)39-28(40-31)21-8-10-36-11-9-21)30(44)38-24-7-6-23(25(17-24)32(33,34)35)18-43-14-12-41(2)13-15-43/h4-11,16-17,19H,12-15,18H2,1-3H3,(H,38,44). The molecule has 0 saturated carbocycles. The quantitative estimate of drug-likeness (QED) is 0.254. The summed E-state index contributed by atoms with van der Waals surface area (Å²) in [6.45, 7) is 4.98. The number of anilines is 1. The van der Waals surface area contributed by atoms with E-state index in [4.69, 9.17) is 4.74 Å². The molecule has 4 heterocycles. The average Bonchev–Trinajstić information content (AvgIpc) is 3.40. The van der Waals surface area contributed by atoms with E-state index >= 15 is 0 Å². The van der Waals surface area contributed by atoms with Gasteiger partial charge in [-0.1, -0.05) is 12.1 Å². The highest BCUT2D eigenvalue weighted by Crippen LogP contribution is 2.35. The van der Waals surface area contributed by atoms with Gasteiger partial charge < -0.3 is 19.5 Å². The second-order valence-electron chi connectivity index (χ2n) is 11.1. The summed E-state index contributed by atoms with van der Waals surface area (Å²) in [6, 6.07) is 12.3. The number of nitrogens with one attached hydrogen (secondary N) is 1. The molecule has 1 N–H and O–H groups in total. The monoisotopic (exact) mass is 616 g/mol. The zero-order valence-corrected chi connectivity index (χ0v) is 25.0. The molecule has 1 fully saturated rings. The summed E-state index contributed by atoms with van der Waals surface area (Å²) in [5.41, 5.74) is 2.09. The molecule has 5 aromatic rings. The van der Waals surface area contributed by atoms with E-state index < -0.39 is 17.6 Å². The van der Waals surface area contributed by atoms with E-state index in [0.717, 1.165) is 24.7 Å². The van der Waals surface area contributed by atoms with E-state index in [1.165, 1.54) is 18.2 Å². The molecule has 2 aromatic carbocycles. The van der Waals surface area contributed by atoms with Crippen molar-refractivity contribution in [1.29, 1.82) is 0 Å². The number of hydrogen-bond acceptors (Lipinski definition) is 8. The molecule has 1 saturated heterocycles. The van der Waals surface area contributed by atoms with Gasteiger partial charge in [-0.05, 0) is 61.5 Å². The number of fused-ring (bicyclic) bond motifs is 1. The van der Waals surface area contributed by atoms with E-state index in [-0.39, 0.29) is 29.2 Å². The number of nitrogens with zero attached hydrogens (tertiary/aromatic N) is 7. The molecule has 3 aromatic heterocycles. The molecule has 0 atom stereocenters. The first-order chi connectivity index (χ1) is 21.5. The van der Waals surface area contributed by atoms with Crippen molar-refractivity contribution in [2.75, 3.05) is 38.5 Å². The number of rotatable bonds is 7. The SMILES string of the molecule is Cc1ccc(C(=O)Nc2ccc(CN3CCN(C)CC3)c(C(F)(F)F)c2)cc1Oc1nc(-c2ccncc2)nc2c1ncn2C. The zero-order valence-electron chi connectivity index (χ0n) is 25.0. The van der Waals surface area contributed by atoms with Gasteiger partial charge in [-0.15, -0.1) is 0 Å². The zero-order chi connectivity index (χ0) is 31.7. The third-order valence-corrected chi connectivity index (χ3v) is 7.79. The largest absolute Gasteiger partial charge is 0.437 e. The summed E-state index contributed by atoms with van der Waals surface area (Å²) in [5, 5.41) is 2.62. The first kappa shape index (κ1) is 30.2. The van der Waals surface area contributed by atoms with Gasteiger partial charge in [-0.2, -0.15) is 18.2 Å². The molecule has 1 amide bonds. The van der Waals surface area contributed by atoms with Crippen LogP contribution in [0.4, 0.5) is 18.9 Å². The number of aryl methyl sites for hydroxylation is 2. The summed E-state index contributed by atoms with van der Waals surface area (Å²) in [7, 11) is 3.80. The topological polar surface area (TPSA) is 101 Å². The molecule has 10 nitrogen and oxygen atoms in total. The van der Waals surface area contributed by atoms with Crippen molar-refractivity contribution < 1.29 is 22.7 Å². The number of likely N-dealkylation sites (N-methyl/N-ethyl adjacent to an activating group) is 1. The summed E-state index contributed by atoms with van der Waals surface area (Å²) in [5.74, 6) is 0.362. The van der Waals surface area contributed by atoms with Crippen LogP contribution in [0.5, 0.6) is 11.6 Å². The number of hydrogen-bond donors (Lipinski definition) is 1. The predicted molar refractivity (Wildman–Crippen MR) is 163 cm³/mol. The molecule has 1 aliphatic rings. The second-order valence-corrected chi connectivity index (χ2v) is 11.1. The molecule has 0 radical (unpaired) electrons. The Bertz CT molecular complexity index is 1850. The van der Waals surface area contributed by atoms with Crippen molar-refractivity contribution in [2.24, 2.45) is 7.05 Å². The molecule has 45 heavy (non-hydrogen) atoms. The summed E-state index contributed by atoms with van der Waals surface area (Å²) >= 11 is 0.